The quantitative estimate of drug-likeness (QED) is 0.762. The van der Waals surface area contributed by atoms with Crippen LogP contribution in [0.15, 0.2) is 66.7 Å². The molecule has 2 N–H and O–H groups in total. The number of benzene rings is 2. The summed E-state index contributed by atoms with van der Waals surface area (Å²) < 4.78 is 1.79. The zero-order valence-electron chi connectivity index (χ0n) is 10.9. The number of nitrogens with zero attached hydrogens (tertiary/aromatic N) is 2. The fourth-order valence-corrected chi connectivity index (χ4v) is 2.03. The molecule has 4 nitrogen and oxygen atoms in total. The Bertz CT molecular complexity index is 677. The van der Waals surface area contributed by atoms with Gasteiger partial charge < -0.3 is 10.4 Å². The fourth-order valence-electron chi connectivity index (χ4n) is 2.03. The van der Waals surface area contributed by atoms with E-state index in [0.717, 1.165) is 17.2 Å². The van der Waals surface area contributed by atoms with Crippen LogP contribution in [0.1, 0.15) is 5.69 Å². The predicted octanol–water partition coefficient (Wildman–Crippen LogP) is 3.11. The molecule has 2 aromatic carbocycles. The molecule has 0 saturated carbocycles. The molecule has 1 heterocycles. The molecule has 20 heavy (non-hydrogen) atoms. The predicted molar refractivity (Wildman–Crippen MR) is 79.2 cm³/mol. The van der Waals surface area contributed by atoms with Gasteiger partial charge in [0.25, 0.3) is 0 Å². The molecule has 0 aliphatic rings. The number of rotatable bonds is 4. The Hall–Kier alpha value is -2.59. The van der Waals surface area contributed by atoms with Crippen LogP contribution in [0.4, 0.5) is 11.5 Å². The Morgan fingerprint density at radius 1 is 0.950 bits per heavy atom. The minimum atomic E-state index is -0.0801. The Morgan fingerprint density at radius 3 is 2.25 bits per heavy atom. The monoisotopic (exact) mass is 265 g/mol. The molecule has 1 aromatic heterocycles. The number of para-hydroxylation sites is 2. The smallest absolute Gasteiger partial charge is 0.134 e. The van der Waals surface area contributed by atoms with Gasteiger partial charge in [0.15, 0.2) is 0 Å². The maximum Gasteiger partial charge on any atom is 0.134 e. The molecule has 3 rings (SSSR count). The van der Waals surface area contributed by atoms with E-state index in [-0.39, 0.29) is 6.61 Å². The molecule has 0 unspecified atom stereocenters. The number of aliphatic hydroxyl groups excluding tert-OH is 1. The van der Waals surface area contributed by atoms with Gasteiger partial charge in [-0.3, -0.25) is 0 Å². The first-order chi connectivity index (χ1) is 9.86. The molecule has 0 radical (unpaired) electrons. The van der Waals surface area contributed by atoms with Crippen molar-refractivity contribution in [1.82, 2.24) is 9.78 Å². The molecule has 3 aromatic rings. The van der Waals surface area contributed by atoms with Gasteiger partial charge in [-0.25, -0.2) is 4.68 Å². The molecular weight excluding hydrogens is 250 g/mol. The van der Waals surface area contributed by atoms with Crippen LogP contribution in [0.3, 0.4) is 0 Å². The van der Waals surface area contributed by atoms with Crippen LogP contribution in [-0.2, 0) is 6.61 Å². The average molecular weight is 265 g/mol. The summed E-state index contributed by atoms with van der Waals surface area (Å²) in [6.45, 7) is -0.0801. The normalized spacial score (nSPS) is 10.4. The molecule has 0 spiro atoms. The van der Waals surface area contributed by atoms with Crippen LogP contribution in [0, 0.1) is 0 Å². The number of hydrogen-bond donors (Lipinski definition) is 2. The van der Waals surface area contributed by atoms with Gasteiger partial charge in [-0.1, -0.05) is 36.4 Å². The largest absolute Gasteiger partial charge is 0.390 e. The zero-order chi connectivity index (χ0) is 13.8. The second-order valence-electron chi connectivity index (χ2n) is 4.42. The summed E-state index contributed by atoms with van der Waals surface area (Å²) in [6, 6.07) is 21.6. The van der Waals surface area contributed by atoms with Gasteiger partial charge in [-0.15, -0.1) is 0 Å². The highest BCUT2D eigenvalue weighted by atomic mass is 16.3. The van der Waals surface area contributed by atoms with Crippen molar-refractivity contribution in [3.05, 3.63) is 72.4 Å². The van der Waals surface area contributed by atoms with Gasteiger partial charge in [0.05, 0.1) is 18.0 Å². The van der Waals surface area contributed by atoms with Gasteiger partial charge in [0.1, 0.15) is 5.82 Å². The Labute approximate surface area is 117 Å². The summed E-state index contributed by atoms with van der Waals surface area (Å²) >= 11 is 0. The van der Waals surface area contributed by atoms with Gasteiger partial charge >= 0.3 is 0 Å². The molecule has 0 amide bonds. The van der Waals surface area contributed by atoms with Crippen molar-refractivity contribution in [3.63, 3.8) is 0 Å². The number of aliphatic hydroxyl groups is 1. The van der Waals surface area contributed by atoms with E-state index in [0.29, 0.717) is 5.69 Å². The molecule has 0 saturated heterocycles. The number of hydrogen-bond acceptors (Lipinski definition) is 3. The van der Waals surface area contributed by atoms with E-state index in [1.807, 2.05) is 66.7 Å². The summed E-state index contributed by atoms with van der Waals surface area (Å²) in [5.74, 6) is 0.825. The molecular formula is C16H15N3O. The minimum Gasteiger partial charge on any atom is -0.390 e. The van der Waals surface area contributed by atoms with Crippen molar-refractivity contribution in [1.29, 1.82) is 0 Å². The maximum atomic E-state index is 9.28. The van der Waals surface area contributed by atoms with Gasteiger partial charge in [0, 0.05) is 11.8 Å². The molecule has 4 heteroatoms. The summed E-state index contributed by atoms with van der Waals surface area (Å²) in [5.41, 5.74) is 2.56. The number of nitrogens with one attached hydrogen (secondary N) is 1. The third-order valence-electron chi connectivity index (χ3n) is 2.97. The molecule has 0 aliphatic carbocycles. The lowest BCUT2D eigenvalue weighted by atomic mass is 10.3. The van der Waals surface area contributed by atoms with E-state index in [9.17, 15) is 5.11 Å². The zero-order valence-corrected chi connectivity index (χ0v) is 10.9. The lowest BCUT2D eigenvalue weighted by Crippen LogP contribution is -2.02. The van der Waals surface area contributed by atoms with E-state index in [1.54, 1.807) is 4.68 Å². The van der Waals surface area contributed by atoms with Gasteiger partial charge in [-0.05, 0) is 24.3 Å². The van der Waals surface area contributed by atoms with Crippen molar-refractivity contribution in [2.45, 2.75) is 6.61 Å². The van der Waals surface area contributed by atoms with Crippen molar-refractivity contribution < 1.29 is 5.11 Å². The first-order valence-corrected chi connectivity index (χ1v) is 6.44. The van der Waals surface area contributed by atoms with Crippen LogP contribution < -0.4 is 5.32 Å². The molecule has 0 aliphatic heterocycles. The first kappa shape index (κ1) is 12.4. The SMILES string of the molecule is OCc1cc(Nc2ccccc2)n(-c2ccccc2)n1. The number of aromatic nitrogens is 2. The fraction of sp³-hybridized carbons (Fsp3) is 0.0625. The van der Waals surface area contributed by atoms with Crippen LogP contribution in [-0.4, -0.2) is 14.9 Å². The minimum absolute atomic E-state index is 0.0801. The summed E-state index contributed by atoms with van der Waals surface area (Å²) in [4.78, 5) is 0. The second kappa shape index (κ2) is 5.59. The topological polar surface area (TPSA) is 50.1 Å². The Morgan fingerprint density at radius 2 is 1.60 bits per heavy atom. The van der Waals surface area contributed by atoms with Crippen LogP contribution in [0.5, 0.6) is 0 Å². The summed E-state index contributed by atoms with van der Waals surface area (Å²) in [7, 11) is 0. The highest BCUT2D eigenvalue weighted by molar-refractivity contribution is 5.59. The Kier molecular flexibility index (Phi) is 3.48. The highest BCUT2D eigenvalue weighted by Gasteiger charge is 2.09. The van der Waals surface area contributed by atoms with Crippen molar-refractivity contribution in [3.8, 4) is 5.69 Å². The van der Waals surface area contributed by atoms with Crippen LogP contribution >= 0.6 is 0 Å². The first-order valence-electron chi connectivity index (χ1n) is 6.44. The van der Waals surface area contributed by atoms with E-state index < -0.39 is 0 Å². The van der Waals surface area contributed by atoms with E-state index >= 15 is 0 Å². The average Bonchev–Trinajstić information content (AvgIpc) is 2.92. The summed E-state index contributed by atoms with van der Waals surface area (Å²) in [5, 5.41) is 17.0. The molecule has 0 fully saturated rings. The molecule has 0 bridgehead atoms. The summed E-state index contributed by atoms with van der Waals surface area (Å²) in [6.07, 6.45) is 0. The molecule has 0 atom stereocenters. The van der Waals surface area contributed by atoms with Crippen molar-refractivity contribution in [2.75, 3.05) is 5.32 Å². The van der Waals surface area contributed by atoms with Gasteiger partial charge in [0.2, 0.25) is 0 Å². The third-order valence-corrected chi connectivity index (χ3v) is 2.97. The second-order valence-corrected chi connectivity index (χ2v) is 4.42. The Balaban J connectivity index is 2.00. The number of anilines is 2. The standard InChI is InChI=1S/C16H15N3O/c20-12-14-11-16(17-13-7-3-1-4-8-13)19(18-14)15-9-5-2-6-10-15/h1-11,17,20H,12H2. The van der Waals surface area contributed by atoms with Crippen LogP contribution in [0.25, 0.3) is 5.69 Å². The van der Waals surface area contributed by atoms with E-state index in [4.69, 9.17) is 0 Å². The highest BCUT2D eigenvalue weighted by Crippen LogP contribution is 2.21. The van der Waals surface area contributed by atoms with Crippen molar-refractivity contribution in [2.24, 2.45) is 0 Å². The third kappa shape index (κ3) is 2.55. The molecule has 100 valence electrons. The van der Waals surface area contributed by atoms with Gasteiger partial charge in [-0.2, -0.15) is 5.10 Å². The lowest BCUT2D eigenvalue weighted by molar-refractivity contribution is 0.276. The van der Waals surface area contributed by atoms with E-state index in [2.05, 4.69) is 10.4 Å². The maximum absolute atomic E-state index is 9.28. The van der Waals surface area contributed by atoms with E-state index in [1.165, 1.54) is 0 Å². The van der Waals surface area contributed by atoms with Crippen LogP contribution in [0.2, 0.25) is 0 Å². The van der Waals surface area contributed by atoms with Crippen molar-refractivity contribution >= 4 is 11.5 Å². The lowest BCUT2D eigenvalue weighted by Gasteiger charge is -2.09.